The molecule has 2 aliphatic rings. The molecule has 2 N–H and O–H groups in total. The van der Waals surface area contributed by atoms with Crippen molar-refractivity contribution in [1.82, 2.24) is 4.90 Å². The molecule has 1 aliphatic carbocycles. The third kappa shape index (κ3) is 5.17. The van der Waals surface area contributed by atoms with Crippen molar-refractivity contribution in [3.63, 3.8) is 0 Å². The summed E-state index contributed by atoms with van der Waals surface area (Å²) in [6.45, 7) is 0.0564. The zero-order valence-electron chi connectivity index (χ0n) is 19.0. The number of thioether (sulfide) groups is 1. The van der Waals surface area contributed by atoms with E-state index in [4.69, 9.17) is 4.42 Å². The molecule has 0 spiro atoms. The van der Waals surface area contributed by atoms with E-state index in [2.05, 4.69) is 10.6 Å². The van der Waals surface area contributed by atoms with E-state index in [0.29, 0.717) is 16.4 Å². The second kappa shape index (κ2) is 10.2. The third-order valence-corrected chi connectivity index (χ3v) is 7.22. The number of rotatable bonds is 8. The van der Waals surface area contributed by atoms with Crippen LogP contribution in [0.2, 0.25) is 0 Å². The van der Waals surface area contributed by atoms with Gasteiger partial charge in [-0.05, 0) is 61.4 Å². The molecule has 0 unspecified atom stereocenters. The monoisotopic (exact) mass is 487 g/mol. The molecular formula is C27H25N3O4S. The van der Waals surface area contributed by atoms with E-state index in [1.807, 2.05) is 54.6 Å². The first-order valence-corrected chi connectivity index (χ1v) is 12.4. The summed E-state index contributed by atoms with van der Waals surface area (Å²) in [5.74, 6) is -0.112. The highest BCUT2D eigenvalue weighted by molar-refractivity contribution is 8.04. The number of hydrogen-bond acceptors (Lipinski definition) is 6. The minimum absolute atomic E-state index is 0.0564. The van der Waals surface area contributed by atoms with Crippen LogP contribution in [0, 0.1) is 5.92 Å². The fraction of sp³-hybridized carbons (Fsp3) is 0.222. The largest absolute Gasteiger partial charge is 0.467 e. The fourth-order valence-corrected chi connectivity index (χ4v) is 5.23. The van der Waals surface area contributed by atoms with Crippen LogP contribution in [0.4, 0.5) is 11.4 Å². The second-order valence-electron chi connectivity index (χ2n) is 8.57. The van der Waals surface area contributed by atoms with E-state index in [9.17, 15) is 14.4 Å². The van der Waals surface area contributed by atoms with Gasteiger partial charge in [-0.15, -0.1) is 0 Å². The molecule has 8 heteroatoms. The molecule has 35 heavy (non-hydrogen) atoms. The Bertz CT molecular complexity index is 1250. The second-order valence-corrected chi connectivity index (χ2v) is 9.65. The quantitative estimate of drug-likeness (QED) is 0.414. The predicted octanol–water partition coefficient (Wildman–Crippen LogP) is 5.39. The van der Waals surface area contributed by atoms with E-state index < -0.39 is 5.91 Å². The van der Waals surface area contributed by atoms with Gasteiger partial charge in [0.1, 0.15) is 16.4 Å². The summed E-state index contributed by atoms with van der Waals surface area (Å²) in [6, 6.07) is 20.1. The summed E-state index contributed by atoms with van der Waals surface area (Å²) >= 11 is 1.22. The van der Waals surface area contributed by atoms with Crippen LogP contribution >= 0.6 is 11.8 Å². The highest BCUT2D eigenvalue weighted by atomic mass is 32.2. The molecule has 0 atom stereocenters. The lowest BCUT2D eigenvalue weighted by Gasteiger charge is -2.13. The van der Waals surface area contributed by atoms with Crippen molar-refractivity contribution in [2.45, 2.75) is 37.1 Å². The first kappa shape index (κ1) is 23.0. The molecule has 7 nitrogen and oxygen atoms in total. The van der Waals surface area contributed by atoms with Gasteiger partial charge in [-0.3, -0.25) is 19.3 Å². The van der Waals surface area contributed by atoms with Gasteiger partial charge in [0.05, 0.1) is 12.8 Å². The summed E-state index contributed by atoms with van der Waals surface area (Å²) in [5.41, 5.74) is 1.67. The van der Waals surface area contributed by atoms with Gasteiger partial charge in [-0.25, -0.2) is 0 Å². The fourth-order valence-electron chi connectivity index (χ4n) is 4.28. The molecule has 1 aliphatic heterocycles. The highest BCUT2D eigenvalue weighted by Gasteiger charge is 2.39. The first-order chi connectivity index (χ1) is 17.1. The number of para-hydroxylation sites is 1. The Morgan fingerprint density at radius 3 is 2.34 bits per heavy atom. The van der Waals surface area contributed by atoms with Crippen LogP contribution in [-0.4, -0.2) is 22.6 Å². The number of nitrogens with one attached hydrogen (secondary N) is 2. The minimum Gasteiger partial charge on any atom is -0.467 e. The van der Waals surface area contributed by atoms with Crippen molar-refractivity contribution in [1.29, 1.82) is 0 Å². The number of hydrogen-bond donors (Lipinski definition) is 2. The summed E-state index contributed by atoms with van der Waals surface area (Å²) < 4.78 is 5.35. The van der Waals surface area contributed by atoms with Crippen LogP contribution in [0.25, 0.3) is 0 Å². The Morgan fingerprint density at radius 2 is 1.66 bits per heavy atom. The number of furan rings is 1. The zero-order chi connectivity index (χ0) is 24.2. The smallest absolute Gasteiger partial charge is 0.278 e. The van der Waals surface area contributed by atoms with Crippen molar-refractivity contribution >= 4 is 40.9 Å². The maximum atomic E-state index is 13.3. The summed E-state index contributed by atoms with van der Waals surface area (Å²) in [5, 5.41) is 6.11. The Morgan fingerprint density at radius 1 is 0.914 bits per heavy atom. The number of carbonyl (C=O) groups is 3. The summed E-state index contributed by atoms with van der Waals surface area (Å²) in [6.07, 6.45) is 5.60. The average molecular weight is 488 g/mol. The molecule has 1 aromatic heterocycles. The van der Waals surface area contributed by atoms with Gasteiger partial charge >= 0.3 is 0 Å². The van der Waals surface area contributed by atoms with Crippen molar-refractivity contribution in [2.24, 2.45) is 5.92 Å². The number of anilines is 2. The molecule has 3 amide bonds. The van der Waals surface area contributed by atoms with Crippen molar-refractivity contribution in [2.75, 3.05) is 10.6 Å². The number of carbonyl (C=O) groups excluding carboxylic acids is 3. The van der Waals surface area contributed by atoms with Gasteiger partial charge in [-0.2, -0.15) is 0 Å². The molecule has 5 rings (SSSR count). The molecule has 1 fully saturated rings. The molecular weight excluding hydrogens is 462 g/mol. The minimum atomic E-state index is -0.404. The Hall–Kier alpha value is -3.78. The highest BCUT2D eigenvalue weighted by Crippen LogP contribution is 2.37. The van der Waals surface area contributed by atoms with Gasteiger partial charge in [0.25, 0.3) is 11.8 Å². The maximum absolute atomic E-state index is 13.3. The van der Waals surface area contributed by atoms with Gasteiger partial charge in [-0.1, -0.05) is 42.8 Å². The standard InChI is InChI=1S/C27H25N3O4S/c31-25(18-7-4-5-8-18)29-20-12-14-22(15-13-20)35-24-23(28-19-9-2-1-3-10-19)26(32)30(27(24)33)17-21-11-6-16-34-21/h1-3,6,9-16,18,28H,4-5,7-8,17H2,(H,29,31). The number of nitrogens with zero attached hydrogens (tertiary/aromatic N) is 1. The summed E-state index contributed by atoms with van der Waals surface area (Å²) in [4.78, 5) is 41.2. The number of amides is 3. The molecule has 2 heterocycles. The Balaban J connectivity index is 1.35. The molecule has 0 bridgehead atoms. The van der Waals surface area contributed by atoms with Crippen molar-refractivity contribution in [3.8, 4) is 0 Å². The summed E-state index contributed by atoms with van der Waals surface area (Å²) in [7, 11) is 0. The lowest BCUT2D eigenvalue weighted by molar-refractivity contribution is -0.138. The maximum Gasteiger partial charge on any atom is 0.278 e. The molecule has 2 aromatic carbocycles. The van der Waals surface area contributed by atoms with Crippen molar-refractivity contribution < 1.29 is 18.8 Å². The van der Waals surface area contributed by atoms with Crippen LogP contribution in [-0.2, 0) is 20.9 Å². The molecule has 0 radical (unpaired) electrons. The van der Waals surface area contributed by atoms with E-state index >= 15 is 0 Å². The van der Waals surface area contributed by atoms with Crippen LogP contribution in [0.15, 0.2) is 92.9 Å². The van der Waals surface area contributed by atoms with Gasteiger partial charge in [0.2, 0.25) is 5.91 Å². The average Bonchev–Trinajstić information content (AvgIpc) is 3.63. The van der Waals surface area contributed by atoms with E-state index in [1.165, 1.54) is 22.9 Å². The van der Waals surface area contributed by atoms with Crippen LogP contribution < -0.4 is 10.6 Å². The molecule has 0 saturated heterocycles. The topological polar surface area (TPSA) is 91.7 Å². The number of imide groups is 1. The zero-order valence-corrected chi connectivity index (χ0v) is 19.8. The third-order valence-electron chi connectivity index (χ3n) is 6.13. The van der Waals surface area contributed by atoms with E-state index in [-0.39, 0.29) is 30.0 Å². The Labute approximate surface area is 207 Å². The van der Waals surface area contributed by atoms with Crippen LogP contribution in [0.3, 0.4) is 0 Å². The lowest BCUT2D eigenvalue weighted by Crippen LogP contribution is -2.31. The molecule has 1 saturated carbocycles. The predicted molar refractivity (Wildman–Crippen MR) is 134 cm³/mol. The van der Waals surface area contributed by atoms with E-state index in [0.717, 1.165) is 36.3 Å². The van der Waals surface area contributed by atoms with Gasteiger partial charge in [0.15, 0.2) is 0 Å². The van der Waals surface area contributed by atoms with Crippen molar-refractivity contribution in [3.05, 3.63) is 89.4 Å². The molecule has 3 aromatic rings. The van der Waals surface area contributed by atoms with Gasteiger partial charge in [0, 0.05) is 22.2 Å². The van der Waals surface area contributed by atoms with Gasteiger partial charge < -0.3 is 15.1 Å². The molecule has 178 valence electrons. The normalized spacial score (nSPS) is 16.3. The SMILES string of the molecule is O=C(Nc1ccc(SC2=C(Nc3ccccc3)C(=O)N(Cc3ccco3)C2=O)cc1)C1CCCC1. The lowest BCUT2D eigenvalue weighted by atomic mass is 10.1. The van der Waals surface area contributed by atoms with Crippen LogP contribution in [0.1, 0.15) is 31.4 Å². The first-order valence-electron chi connectivity index (χ1n) is 11.6. The number of benzene rings is 2. The van der Waals surface area contributed by atoms with E-state index in [1.54, 1.807) is 12.1 Å². The Kier molecular flexibility index (Phi) is 6.72. The van der Waals surface area contributed by atoms with Crippen LogP contribution in [0.5, 0.6) is 0 Å².